The summed E-state index contributed by atoms with van der Waals surface area (Å²) < 4.78 is 0. The molecule has 1 heterocycles. The lowest BCUT2D eigenvalue weighted by Gasteiger charge is -2.31. The number of hydrogen-bond acceptors (Lipinski definition) is 2. The van der Waals surface area contributed by atoms with E-state index in [4.69, 9.17) is 0 Å². The molecule has 25 heavy (non-hydrogen) atoms. The molecule has 1 aliphatic heterocycles. The third-order valence-electron chi connectivity index (χ3n) is 4.95. The lowest BCUT2D eigenvalue weighted by molar-refractivity contribution is -0.117. The van der Waals surface area contributed by atoms with Crippen LogP contribution >= 0.6 is 0 Å². The number of hydrogen-bond donors (Lipinski definition) is 1. The van der Waals surface area contributed by atoms with E-state index in [1.807, 2.05) is 12.1 Å². The molecular formula is C22H28N2O. The Bertz CT molecular complexity index is 683. The molecule has 132 valence electrons. The Morgan fingerprint density at radius 1 is 1.04 bits per heavy atom. The number of rotatable bonds is 5. The lowest BCUT2D eigenvalue weighted by atomic mass is 9.90. The molecule has 2 aromatic carbocycles. The second-order valence-electron chi connectivity index (χ2n) is 7.33. The second kappa shape index (κ2) is 8.30. The van der Waals surface area contributed by atoms with Gasteiger partial charge in [-0.1, -0.05) is 36.4 Å². The van der Waals surface area contributed by atoms with E-state index in [0.29, 0.717) is 6.54 Å². The molecule has 1 aliphatic rings. The lowest BCUT2D eigenvalue weighted by Crippen LogP contribution is -2.39. The van der Waals surface area contributed by atoms with Crippen molar-refractivity contribution in [3.63, 3.8) is 0 Å². The number of aryl methyl sites for hydroxylation is 2. The Labute approximate surface area is 151 Å². The fourth-order valence-electron chi connectivity index (χ4n) is 3.75. The molecule has 1 N–H and O–H groups in total. The molecule has 0 aliphatic carbocycles. The molecule has 0 radical (unpaired) electrons. The number of carbonyl (C=O) groups is 1. The predicted molar refractivity (Wildman–Crippen MR) is 104 cm³/mol. The van der Waals surface area contributed by atoms with Crippen LogP contribution in [0.5, 0.6) is 0 Å². The van der Waals surface area contributed by atoms with E-state index in [1.54, 1.807) is 0 Å². The number of amides is 1. The van der Waals surface area contributed by atoms with Gasteiger partial charge in [-0.3, -0.25) is 9.69 Å². The molecule has 1 amide bonds. The average molecular weight is 336 g/mol. The maximum atomic E-state index is 12.3. The maximum absolute atomic E-state index is 12.3. The van der Waals surface area contributed by atoms with Crippen molar-refractivity contribution in [2.75, 3.05) is 25.0 Å². The van der Waals surface area contributed by atoms with Crippen molar-refractivity contribution in [3.05, 3.63) is 65.2 Å². The van der Waals surface area contributed by atoms with Crippen LogP contribution in [-0.2, 0) is 11.2 Å². The zero-order valence-electron chi connectivity index (χ0n) is 15.3. The molecule has 3 nitrogen and oxygen atoms in total. The number of piperidine rings is 1. The van der Waals surface area contributed by atoms with E-state index in [2.05, 4.69) is 60.5 Å². The van der Waals surface area contributed by atoms with Crippen molar-refractivity contribution in [1.82, 2.24) is 4.90 Å². The largest absolute Gasteiger partial charge is 0.325 e. The Kier molecular flexibility index (Phi) is 5.87. The summed E-state index contributed by atoms with van der Waals surface area (Å²) in [6.45, 7) is 6.63. The minimum atomic E-state index is 0.0894. The van der Waals surface area contributed by atoms with Gasteiger partial charge in [0, 0.05) is 5.69 Å². The molecular weight excluding hydrogens is 308 g/mol. The van der Waals surface area contributed by atoms with Gasteiger partial charge in [0.05, 0.1) is 6.54 Å². The Morgan fingerprint density at radius 2 is 1.68 bits per heavy atom. The van der Waals surface area contributed by atoms with Gasteiger partial charge in [-0.05, 0) is 80.9 Å². The first-order valence-electron chi connectivity index (χ1n) is 9.23. The number of anilines is 1. The normalized spacial score (nSPS) is 15.9. The zero-order valence-corrected chi connectivity index (χ0v) is 15.3. The molecule has 0 spiro atoms. The van der Waals surface area contributed by atoms with Crippen LogP contribution in [0, 0.1) is 19.8 Å². The fraction of sp³-hybridized carbons (Fsp3) is 0.409. The van der Waals surface area contributed by atoms with Gasteiger partial charge in [0.25, 0.3) is 0 Å². The summed E-state index contributed by atoms with van der Waals surface area (Å²) in [6.07, 6.45) is 3.50. The molecule has 0 atom stereocenters. The number of nitrogens with one attached hydrogen (secondary N) is 1. The highest BCUT2D eigenvalue weighted by Gasteiger charge is 2.21. The van der Waals surface area contributed by atoms with Crippen LogP contribution in [0.2, 0.25) is 0 Å². The smallest absolute Gasteiger partial charge is 0.238 e. The van der Waals surface area contributed by atoms with Gasteiger partial charge < -0.3 is 5.32 Å². The van der Waals surface area contributed by atoms with Crippen LogP contribution in [0.15, 0.2) is 48.5 Å². The fourth-order valence-corrected chi connectivity index (χ4v) is 3.75. The summed E-state index contributed by atoms with van der Waals surface area (Å²) in [5.74, 6) is 0.827. The highest BCUT2D eigenvalue weighted by molar-refractivity contribution is 5.92. The number of likely N-dealkylation sites (tertiary alicyclic amines) is 1. The topological polar surface area (TPSA) is 32.3 Å². The van der Waals surface area contributed by atoms with E-state index in [0.717, 1.165) is 31.1 Å². The second-order valence-corrected chi connectivity index (χ2v) is 7.33. The molecule has 0 bridgehead atoms. The van der Waals surface area contributed by atoms with E-state index in [-0.39, 0.29) is 5.91 Å². The van der Waals surface area contributed by atoms with Crippen molar-refractivity contribution in [3.8, 4) is 0 Å². The van der Waals surface area contributed by atoms with Crippen LogP contribution < -0.4 is 5.32 Å². The standard InChI is InChI=1S/C22H28N2O/c1-17-12-18(2)14-21(13-17)23-22(25)16-24-10-8-20(9-11-24)15-19-6-4-3-5-7-19/h3-7,12-14,20H,8-11,15-16H2,1-2H3,(H,23,25). The van der Waals surface area contributed by atoms with Gasteiger partial charge in [-0.15, -0.1) is 0 Å². The van der Waals surface area contributed by atoms with Crippen LogP contribution in [0.1, 0.15) is 29.5 Å². The van der Waals surface area contributed by atoms with Crippen LogP contribution in [0.3, 0.4) is 0 Å². The number of nitrogens with zero attached hydrogens (tertiary/aromatic N) is 1. The number of carbonyl (C=O) groups excluding carboxylic acids is 1. The summed E-state index contributed by atoms with van der Waals surface area (Å²) in [5, 5.41) is 3.04. The van der Waals surface area contributed by atoms with Gasteiger partial charge in [-0.2, -0.15) is 0 Å². The minimum absolute atomic E-state index is 0.0894. The highest BCUT2D eigenvalue weighted by atomic mass is 16.2. The third kappa shape index (κ3) is 5.43. The van der Waals surface area contributed by atoms with Crippen molar-refractivity contribution >= 4 is 11.6 Å². The predicted octanol–water partition coefficient (Wildman–Crippen LogP) is 4.20. The first kappa shape index (κ1) is 17.7. The van der Waals surface area contributed by atoms with E-state index in [1.165, 1.54) is 29.5 Å². The van der Waals surface area contributed by atoms with Gasteiger partial charge in [-0.25, -0.2) is 0 Å². The molecule has 3 heteroatoms. The van der Waals surface area contributed by atoms with Gasteiger partial charge in [0.1, 0.15) is 0 Å². The molecule has 0 aromatic heterocycles. The van der Waals surface area contributed by atoms with Crippen molar-refractivity contribution in [2.24, 2.45) is 5.92 Å². The average Bonchev–Trinajstić information content (AvgIpc) is 2.56. The molecule has 1 fully saturated rings. The first-order chi connectivity index (χ1) is 12.1. The molecule has 2 aromatic rings. The zero-order chi connectivity index (χ0) is 17.6. The molecule has 3 rings (SSSR count). The molecule has 1 saturated heterocycles. The Hall–Kier alpha value is -2.13. The minimum Gasteiger partial charge on any atom is -0.325 e. The summed E-state index contributed by atoms with van der Waals surface area (Å²) in [4.78, 5) is 14.6. The maximum Gasteiger partial charge on any atom is 0.238 e. The summed E-state index contributed by atoms with van der Waals surface area (Å²) in [6, 6.07) is 16.9. The van der Waals surface area contributed by atoms with Crippen molar-refractivity contribution < 1.29 is 4.79 Å². The molecule has 0 unspecified atom stereocenters. The van der Waals surface area contributed by atoms with Gasteiger partial charge in [0.2, 0.25) is 5.91 Å². The first-order valence-corrected chi connectivity index (χ1v) is 9.23. The molecule has 0 saturated carbocycles. The Morgan fingerprint density at radius 3 is 2.32 bits per heavy atom. The van der Waals surface area contributed by atoms with E-state index < -0.39 is 0 Å². The third-order valence-corrected chi connectivity index (χ3v) is 4.95. The van der Waals surface area contributed by atoms with Crippen LogP contribution in [0.25, 0.3) is 0 Å². The van der Waals surface area contributed by atoms with Crippen LogP contribution in [-0.4, -0.2) is 30.4 Å². The van der Waals surface area contributed by atoms with Crippen LogP contribution in [0.4, 0.5) is 5.69 Å². The number of benzene rings is 2. The monoisotopic (exact) mass is 336 g/mol. The summed E-state index contributed by atoms with van der Waals surface area (Å²) >= 11 is 0. The van der Waals surface area contributed by atoms with Crippen molar-refractivity contribution in [1.29, 1.82) is 0 Å². The van der Waals surface area contributed by atoms with Crippen molar-refractivity contribution in [2.45, 2.75) is 33.1 Å². The van der Waals surface area contributed by atoms with E-state index >= 15 is 0 Å². The summed E-state index contributed by atoms with van der Waals surface area (Å²) in [7, 11) is 0. The SMILES string of the molecule is Cc1cc(C)cc(NC(=O)CN2CCC(Cc3ccccc3)CC2)c1. The quantitative estimate of drug-likeness (QED) is 0.887. The highest BCUT2D eigenvalue weighted by Crippen LogP contribution is 2.21. The Balaban J connectivity index is 1.44. The summed E-state index contributed by atoms with van der Waals surface area (Å²) in [5.41, 5.74) is 4.68. The van der Waals surface area contributed by atoms with Gasteiger partial charge >= 0.3 is 0 Å². The van der Waals surface area contributed by atoms with Gasteiger partial charge in [0.15, 0.2) is 0 Å². The van der Waals surface area contributed by atoms with E-state index in [9.17, 15) is 4.79 Å².